The van der Waals surface area contributed by atoms with Crippen LogP contribution in [0, 0.1) is 0 Å². The predicted molar refractivity (Wildman–Crippen MR) is 57.0 cm³/mol. The van der Waals surface area contributed by atoms with Crippen LogP contribution in [0.2, 0.25) is 0 Å². The van der Waals surface area contributed by atoms with Crippen LogP contribution in [-0.4, -0.2) is 54.3 Å². The van der Waals surface area contributed by atoms with Crippen LogP contribution in [0.1, 0.15) is 13.8 Å². The Hall–Kier alpha value is 0.270. The Balaban J connectivity index is 2.17. The molecule has 1 aliphatic heterocycles. The summed E-state index contributed by atoms with van der Waals surface area (Å²) in [5.74, 6) is 0. The number of rotatable bonds is 3. The fourth-order valence-electron chi connectivity index (χ4n) is 1.66. The average Bonchev–Trinajstić information content (AvgIpc) is 2.05. The van der Waals surface area contributed by atoms with Gasteiger partial charge in [0.25, 0.3) is 0 Å². The molecular formula is C9H20N2S. The highest BCUT2D eigenvalue weighted by molar-refractivity contribution is 7.80. The molecule has 0 aliphatic carbocycles. The van der Waals surface area contributed by atoms with Gasteiger partial charge >= 0.3 is 0 Å². The van der Waals surface area contributed by atoms with Crippen molar-refractivity contribution in [3.05, 3.63) is 0 Å². The Morgan fingerprint density at radius 2 is 1.67 bits per heavy atom. The van der Waals surface area contributed by atoms with E-state index >= 15 is 0 Å². The highest BCUT2D eigenvalue weighted by Gasteiger charge is 2.15. The van der Waals surface area contributed by atoms with Crippen molar-refractivity contribution in [3.63, 3.8) is 0 Å². The lowest BCUT2D eigenvalue weighted by Crippen LogP contribution is -2.47. The van der Waals surface area contributed by atoms with E-state index in [2.05, 4.69) is 36.3 Å². The molecule has 0 aromatic rings. The maximum Gasteiger partial charge on any atom is 0.0116 e. The first-order chi connectivity index (χ1) is 5.72. The minimum atomic E-state index is 0.512. The van der Waals surface area contributed by atoms with Crippen molar-refractivity contribution in [1.29, 1.82) is 0 Å². The number of piperazine rings is 1. The van der Waals surface area contributed by atoms with Gasteiger partial charge in [-0.25, -0.2) is 0 Å². The van der Waals surface area contributed by atoms with Gasteiger partial charge in [0.2, 0.25) is 0 Å². The molecule has 0 aromatic carbocycles. The summed E-state index contributed by atoms with van der Waals surface area (Å²) >= 11 is 4.40. The molecule has 72 valence electrons. The van der Waals surface area contributed by atoms with Crippen molar-refractivity contribution in [2.75, 3.05) is 39.3 Å². The van der Waals surface area contributed by atoms with Gasteiger partial charge in [-0.2, -0.15) is 12.6 Å². The first-order valence-corrected chi connectivity index (χ1v) is 5.36. The average molecular weight is 188 g/mol. The Morgan fingerprint density at radius 3 is 2.08 bits per heavy atom. The third-order valence-corrected chi connectivity index (χ3v) is 2.60. The lowest BCUT2D eigenvalue weighted by atomic mass is 10.3. The predicted octanol–water partition coefficient (Wildman–Crippen LogP) is 0.942. The molecule has 12 heavy (non-hydrogen) atoms. The summed E-state index contributed by atoms with van der Waals surface area (Å²) in [6, 6.07) is 0. The Bertz CT molecular complexity index is 120. The standard InChI is InChI=1S/C9H20N2S/c1-3-10-4-6-11(7-5-10)8-9(2)12/h9,12H,3-8H2,1-2H3. The molecule has 0 amide bonds. The summed E-state index contributed by atoms with van der Waals surface area (Å²) in [6.07, 6.45) is 0. The van der Waals surface area contributed by atoms with Crippen LogP contribution in [0.25, 0.3) is 0 Å². The summed E-state index contributed by atoms with van der Waals surface area (Å²) in [5, 5.41) is 0.512. The fourth-order valence-corrected chi connectivity index (χ4v) is 1.89. The third kappa shape index (κ3) is 3.33. The fraction of sp³-hybridized carbons (Fsp3) is 1.00. The summed E-state index contributed by atoms with van der Waals surface area (Å²) in [6.45, 7) is 11.6. The SMILES string of the molecule is CCN1CCN(CC(C)S)CC1. The molecule has 2 nitrogen and oxygen atoms in total. The quantitative estimate of drug-likeness (QED) is 0.659. The van der Waals surface area contributed by atoms with Crippen molar-refractivity contribution in [2.45, 2.75) is 19.1 Å². The number of likely N-dealkylation sites (N-methyl/N-ethyl adjacent to an activating group) is 1. The molecule has 0 spiro atoms. The molecule has 1 aliphatic rings. The van der Waals surface area contributed by atoms with Crippen LogP contribution in [-0.2, 0) is 0 Å². The van der Waals surface area contributed by atoms with Gasteiger partial charge in [0.15, 0.2) is 0 Å². The summed E-state index contributed by atoms with van der Waals surface area (Å²) < 4.78 is 0. The first kappa shape index (κ1) is 10.4. The highest BCUT2D eigenvalue weighted by atomic mass is 32.1. The van der Waals surface area contributed by atoms with Crippen LogP contribution in [0.3, 0.4) is 0 Å². The van der Waals surface area contributed by atoms with Crippen molar-refractivity contribution in [3.8, 4) is 0 Å². The van der Waals surface area contributed by atoms with Gasteiger partial charge in [-0.1, -0.05) is 13.8 Å². The zero-order valence-corrected chi connectivity index (χ0v) is 9.06. The molecule has 0 bridgehead atoms. The summed E-state index contributed by atoms with van der Waals surface area (Å²) in [5.41, 5.74) is 0. The maximum absolute atomic E-state index is 4.40. The van der Waals surface area contributed by atoms with Gasteiger partial charge in [-0.3, -0.25) is 4.90 Å². The van der Waals surface area contributed by atoms with Crippen LogP contribution in [0.15, 0.2) is 0 Å². The van der Waals surface area contributed by atoms with E-state index < -0.39 is 0 Å². The zero-order valence-electron chi connectivity index (χ0n) is 8.16. The van der Waals surface area contributed by atoms with E-state index in [-0.39, 0.29) is 0 Å². The molecule has 1 fully saturated rings. The highest BCUT2D eigenvalue weighted by Crippen LogP contribution is 2.04. The van der Waals surface area contributed by atoms with E-state index in [1.54, 1.807) is 0 Å². The van der Waals surface area contributed by atoms with Crippen molar-refractivity contribution < 1.29 is 0 Å². The second-order valence-electron chi connectivity index (χ2n) is 3.58. The van der Waals surface area contributed by atoms with Crippen LogP contribution < -0.4 is 0 Å². The molecule has 1 saturated heterocycles. The second-order valence-corrected chi connectivity index (χ2v) is 4.47. The second kappa shape index (κ2) is 5.10. The maximum atomic E-state index is 4.40. The summed E-state index contributed by atoms with van der Waals surface area (Å²) in [7, 11) is 0. The number of thiol groups is 1. The van der Waals surface area contributed by atoms with Gasteiger partial charge in [0.05, 0.1) is 0 Å². The largest absolute Gasteiger partial charge is 0.301 e. The minimum absolute atomic E-state index is 0.512. The topological polar surface area (TPSA) is 6.48 Å². The van der Waals surface area contributed by atoms with Crippen molar-refractivity contribution >= 4 is 12.6 Å². The molecule has 1 atom stereocenters. The lowest BCUT2D eigenvalue weighted by molar-refractivity contribution is 0.139. The number of nitrogens with zero attached hydrogens (tertiary/aromatic N) is 2. The molecule has 0 aromatic heterocycles. The van der Waals surface area contributed by atoms with Gasteiger partial charge in [-0.15, -0.1) is 0 Å². The summed E-state index contributed by atoms with van der Waals surface area (Å²) in [4.78, 5) is 5.00. The van der Waals surface area contributed by atoms with Gasteiger partial charge in [-0.05, 0) is 6.54 Å². The molecule has 1 heterocycles. The Labute approximate surface area is 81.3 Å². The van der Waals surface area contributed by atoms with E-state index in [4.69, 9.17) is 0 Å². The van der Waals surface area contributed by atoms with Crippen LogP contribution in [0.5, 0.6) is 0 Å². The van der Waals surface area contributed by atoms with Crippen molar-refractivity contribution in [1.82, 2.24) is 9.80 Å². The van der Waals surface area contributed by atoms with E-state index in [1.807, 2.05) is 0 Å². The Kier molecular flexibility index (Phi) is 4.40. The minimum Gasteiger partial charge on any atom is -0.301 e. The molecular weight excluding hydrogens is 168 g/mol. The molecule has 1 rings (SSSR count). The molecule has 3 heteroatoms. The smallest absolute Gasteiger partial charge is 0.0116 e. The van der Waals surface area contributed by atoms with Crippen LogP contribution >= 0.6 is 12.6 Å². The number of hydrogen-bond acceptors (Lipinski definition) is 3. The van der Waals surface area contributed by atoms with E-state index in [1.165, 1.54) is 32.7 Å². The molecule has 1 unspecified atom stereocenters. The third-order valence-electron chi connectivity index (χ3n) is 2.43. The molecule has 0 N–H and O–H groups in total. The Morgan fingerprint density at radius 1 is 1.17 bits per heavy atom. The van der Waals surface area contributed by atoms with Gasteiger partial charge in [0, 0.05) is 38.0 Å². The zero-order chi connectivity index (χ0) is 8.97. The van der Waals surface area contributed by atoms with E-state index in [9.17, 15) is 0 Å². The monoisotopic (exact) mass is 188 g/mol. The number of hydrogen-bond donors (Lipinski definition) is 1. The molecule has 0 radical (unpaired) electrons. The molecule has 0 saturated carbocycles. The van der Waals surface area contributed by atoms with Crippen molar-refractivity contribution in [2.24, 2.45) is 0 Å². The van der Waals surface area contributed by atoms with Crippen LogP contribution in [0.4, 0.5) is 0 Å². The lowest BCUT2D eigenvalue weighted by Gasteiger charge is -2.34. The first-order valence-electron chi connectivity index (χ1n) is 4.85. The van der Waals surface area contributed by atoms with Gasteiger partial charge < -0.3 is 4.90 Å². The van der Waals surface area contributed by atoms with E-state index in [0.29, 0.717) is 5.25 Å². The van der Waals surface area contributed by atoms with E-state index in [0.717, 1.165) is 6.54 Å². The van der Waals surface area contributed by atoms with Gasteiger partial charge in [0.1, 0.15) is 0 Å². The normalized spacial score (nSPS) is 24.2.